The van der Waals surface area contributed by atoms with Crippen molar-refractivity contribution in [3.8, 4) is 0 Å². The summed E-state index contributed by atoms with van der Waals surface area (Å²) in [7, 11) is 0. The van der Waals surface area contributed by atoms with E-state index in [1.807, 2.05) is 43.0 Å². The molecule has 0 fully saturated rings. The third kappa shape index (κ3) is 4.89. The summed E-state index contributed by atoms with van der Waals surface area (Å²) in [4.78, 5) is 17.5. The summed E-state index contributed by atoms with van der Waals surface area (Å²) in [5.74, 6) is -0.960. The van der Waals surface area contributed by atoms with E-state index in [1.165, 1.54) is 12.1 Å². The Bertz CT molecular complexity index is 1200. The quantitative estimate of drug-likeness (QED) is 0.509. The minimum Gasteiger partial charge on any atom is -0.481 e. The zero-order chi connectivity index (χ0) is 25.3. The molecule has 2 aromatic rings. The molecule has 2 aliphatic heterocycles. The Morgan fingerprint density at radius 1 is 1.20 bits per heavy atom. The van der Waals surface area contributed by atoms with E-state index in [0.29, 0.717) is 23.5 Å². The van der Waals surface area contributed by atoms with Crippen LogP contribution < -0.4 is 11.1 Å². The molecule has 4 rings (SSSR count). The molecular weight excluding hydrogens is 457 g/mol. The van der Waals surface area contributed by atoms with Crippen molar-refractivity contribution < 1.29 is 23.1 Å². The number of halogens is 3. The number of carbonyl (C=O) groups is 1. The number of aliphatic carboxylic acids is 1. The zero-order valence-corrected chi connectivity index (χ0v) is 19.4. The van der Waals surface area contributed by atoms with Gasteiger partial charge in [-0.25, -0.2) is 4.99 Å². The van der Waals surface area contributed by atoms with Gasteiger partial charge in [0.1, 0.15) is 17.7 Å². The molecule has 2 aromatic carbocycles. The van der Waals surface area contributed by atoms with Crippen LogP contribution in [-0.2, 0) is 11.0 Å². The highest BCUT2D eigenvalue weighted by molar-refractivity contribution is 6.05. The number of fused-ring (bicyclic) bond motifs is 1. The number of amidine groups is 1. The summed E-state index contributed by atoms with van der Waals surface area (Å²) in [5, 5.41) is 12.8. The molecule has 4 N–H and O–H groups in total. The fourth-order valence-electron chi connectivity index (χ4n) is 4.61. The Labute approximate surface area is 201 Å². The lowest BCUT2D eigenvalue weighted by Gasteiger charge is -2.31. The van der Waals surface area contributed by atoms with Gasteiger partial charge in [0.15, 0.2) is 0 Å². The largest absolute Gasteiger partial charge is 0.481 e. The Hall–Kier alpha value is -3.75. The normalized spacial score (nSPS) is 19.2. The topological polar surface area (TPSA) is 90.9 Å². The van der Waals surface area contributed by atoms with Crippen molar-refractivity contribution in [1.29, 1.82) is 0 Å². The van der Waals surface area contributed by atoms with Gasteiger partial charge in [0.05, 0.1) is 17.7 Å². The molecule has 184 valence electrons. The molecule has 0 amide bonds. The fraction of sp³-hybridized carbons (Fsp3) is 0.308. The number of carboxylic acids is 1. The van der Waals surface area contributed by atoms with E-state index in [2.05, 4.69) is 10.3 Å². The van der Waals surface area contributed by atoms with Crippen molar-refractivity contribution in [2.45, 2.75) is 44.9 Å². The molecular formula is C26H27F3N4O2. The Morgan fingerprint density at radius 2 is 1.91 bits per heavy atom. The standard InChI is InChI=1S/C26H27F3N4O2/c1-3-16(14-21(34)35)25-32-22(23-24(30)31-11-12-33(23)25)18-9-7-17(8-10-18)15(2)19-5-4-6-20(13-19)26(27,28)29/h4-13,15-16,25,32H,3,14H2,1-2H3,(H2,30,31)(H,34,35)/t15-,16?,25?/m0/s1. The van der Waals surface area contributed by atoms with Crippen LogP contribution in [0.25, 0.3) is 5.70 Å². The van der Waals surface area contributed by atoms with E-state index in [0.717, 1.165) is 22.9 Å². The van der Waals surface area contributed by atoms with Crippen LogP contribution >= 0.6 is 0 Å². The highest BCUT2D eigenvalue weighted by atomic mass is 19.4. The van der Waals surface area contributed by atoms with Crippen LogP contribution in [0, 0.1) is 5.92 Å². The Morgan fingerprint density at radius 3 is 2.54 bits per heavy atom. The van der Waals surface area contributed by atoms with Gasteiger partial charge in [-0.15, -0.1) is 0 Å². The summed E-state index contributed by atoms with van der Waals surface area (Å²) < 4.78 is 39.4. The Kier molecular flexibility index (Phi) is 6.60. The van der Waals surface area contributed by atoms with Crippen molar-refractivity contribution in [3.63, 3.8) is 0 Å². The third-order valence-corrected chi connectivity index (χ3v) is 6.59. The zero-order valence-electron chi connectivity index (χ0n) is 19.4. The number of hydrogen-bond acceptors (Lipinski definition) is 5. The summed E-state index contributed by atoms with van der Waals surface area (Å²) >= 11 is 0. The second-order valence-electron chi connectivity index (χ2n) is 8.77. The molecule has 0 saturated carbocycles. The van der Waals surface area contributed by atoms with E-state index in [4.69, 9.17) is 5.73 Å². The molecule has 0 radical (unpaired) electrons. The number of rotatable bonds is 7. The van der Waals surface area contributed by atoms with Crippen molar-refractivity contribution >= 4 is 17.5 Å². The van der Waals surface area contributed by atoms with Crippen LogP contribution in [0.4, 0.5) is 13.2 Å². The van der Waals surface area contributed by atoms with Crippen LogP contribution in [0.1, 0.15) is 54.9 Å². The van der Waals surface area contributed by atoms with Crippen LogP contribution in [0.2, 0.25) is 0 Å². The monoisotopic (exact) mass is 484 g/mol. The first-order valence-corrected chi connectivity index (χ1v) is 11.4. The van der Waals surface area contributed by atoms with Crippen molar-refractivity contribution in [3.05, 3.63) is 88.9 Å². The average Bonchev–Trinajstić information content (AvgIpc) is 3.22. The minimum absolute atomic E-state index is 0.00353. The maximum absolute atomic E-state index is 13.1. The molecule has 2 heterocycles. The van der Waals surface area contributed by atoms with E-state index in [9.17, 15) is 23.1 Å². The van der Waals surface area contributed by atoms with Crippen LogP contribution in [0.5, 0.6) is 0 Å². The number of carboxylic acid groups (broad SMARTS) is 1. The lowest BCUT2D eigenvalue weighted by Crippen LogP contribution is -2.43. The lowest BCUT2D eigenvalue weighted by molar-refractivity contribution is -0.139. The molecule has 9 heteroatoms. The van der Waals surface area contributed by atoms with Gasteiger partial charge in [-0.2, -0.15) is 13.2 Å². The first-order chi connectivity index (χ1) is 16.6. The first-order valence-electron chi connectivity index (χ1n) is 11.4. The molecule has 0 bridgehead atoms. The van der Waals surface area contributed by atoms with E-state index in [-0.39, 0.29) is 24.4 Å². The van der Waals surface area contributed by atoms with E-state index < -0.39 is 17.7 Å². The molecule has 0 saturated heterocycles. The maximum atomic E-state index is 13.1. The van der Waals surface area contributed by atoms with Crippen LogP contribution in [0.3, 0.4) is 0 Å². The van der Waals surface area contributed by atoms with Crippen molar-refractivity contribution in [2.24, 2.45) is 16.6 Å². The number of hydrogen-bond donors (Lipinski definition) is 3. The number of aliphatic imine (C=N–C) groups is 1. The lowest BCUT2D eigenvalue weighted by atomic mass is 9.91. The highest BCUT2D eigenvalue weighted by Crippen LogP contribution is 2.36. The fourth-order valence-corrected chi connectivity index (χ4v) is 4.61. The van der Waals surface area contributed by atoms with Crippen LogP contribution in [-0.4, -0.2) is 28.0 Å². The van der Waals surface area contributed by atoms with Crippen LogP contribution in [0.15, 0.2) is 71.6 Å². The second kappa shape index (κ2) is 9.48. The van der Waals surface area contributed by atoms with Gasteiger partial charge in [-0.1, -0.05) is 56.3 Å². The van der Waals surface area contributed by atoms with E-state index in [1.54, 1.807) is 18.5 Å². The summed E-state index contributed by atoms with van der Waals surface area (Å²) in [6.45, 7) is 3.81. The van der Waals surface area contributed by atoms with Crippen molar-refractivity contribution in [2.75, 3.05) is 0 Å². The van der Waals surface area contributed by atoms with Gasteiger partial charge in [0, 0.05) is 24.2 Å². The Balaban J connectivity index is 1.63. The highest BCUT2D eigenvalue weighted by Gasteiger charge is 2.38. The van der Waals surface area contributed by atoms with Gasteiger partial charge in [0.2, 0.25) is 0 Å². The second-order valence-corrected chi connectivity index (χ2v) is 8.77. The minimum atomic E-state index is -4.39. The summed E-state index contributed by atoms with van der Waals surface area (Å²) in [6, 6.07) is 12.9. The predicted molar refractivity (Wildman–Crippen MR) is 128 cm³/mol. The molecule has 0 aromatic heterocycles. The molecule has 2 aliphatic rings. The number of nitrogens with zero attached hydrogens (tertiary/aromatic N) is 2. The molecule has 6 nitrogen and oxygen atoms in total. The number of benzene rings is 2. The molecule has 3 atom stereocenters. The van der Waals surface area contributed by atoms with E-state index >= 15 is 0 Å². The first kappa shape index (κ1) is 24.4. The molecule has 35 heavy (non-hydrogen) atoms. The smallest absolute Gasteiger partial charge is 0.416 e. The SMILES string of the molecule is CCC(CC(=O)O)C1NC(c2ccc([C@H](C)c3cccc(C(F)(F)F)c3)cc2)=C2C(N)=NC=CN21. The summed E-state index contributed by atoms with van der Waals surface area (Å²) in [6.07, 6.45) is -0.663. The predicted octanol–water partition coefficient (Wildman–Crippen LogP) is 5.10. The number of nitrogens with two attached hydrogens (primary N) is 1. The third-order valence-electron chi connectivity index (χ3n) is 6.59. The number of alkyl halides is 3. The molecule has 0 spiro atoms. The number of nitrogens with one attached hydrogen (secondary N) is 1. The average molecular weight is 485 g/mol. The molecule has 2 unspecified atom stereocenters. The molecule has 0 aliphatic carbocycles. The van der Waals surface area contributed by atoms with Gasteiger partial charge >= 0.3 is 12.1 Å². The maximum Gasteiger partial charge on any atom is 0.416 e. The van der Waals surface area contributed by atoms with Gasteiger partial charge in [-0.05, 0) is 29.2 Å². The summed E-state index contributed by atoms with van der Waals surface area (Å²) in [5.41, 5.74) is 9.23. The van der Waals surface area contributed by atoms with Crippen molar-refractivity contribution in [1.82, 2.24) is 10.2 Å². The van der Waals surface area contributed by atoms with Gasteiger partial charge in [0.25, 0.3) is 0 Å². The van der Waals surface area contributed by atoms with Gasteiger partial charge in [-0.3, -0.25) is 4.79 Å². The van der Waals surface area contributed by atoms with Gasteiger partial charge < -0.3 is 21.1 Å².